The number of aromatic nitrogens is 1. The summed E-state index contributed by atoms with van der Waals surface area (Å²) in [7, 11) is 0. The van der Waals surface area contributed by atoms with Gasteiger partial charge in [-0.25, -0.2) is 4.98 Å². The van der Waals surface area contributed by atoms with E-state index in [2.05, 4.69) is 10.3 Å². The molecule has 4 nitrogen and oxygen atoms in total. The number of fused-ring (bicyclic) bond motifs is 1. The van der Waals surface area contributed by atoms with Crippen LogP contribution in [0.3, 0.4) is 0 Å². The molecule has 0 saturated heterocycles. The number of rotatable bonds is 5. The van der Waals surface area contributed by atoms with Gasteiger partial charge in [0.2, 0.25) is 0 Å². The SMILES string of the molecule is CC(C)(Oc1ccc(Cl)cc1)C(=O)NCc1nc2ccccc2s1. The van der Waals surface area contributed by atoms with Crippen molar-refractivity contribution in [1.82, 2.24) is 10.3 Å². The lowest BCUT2D eigenvalue weighted by atomic mass is 10.1. The van der Waals surface area contributed by atoms with Crippen molar-refractivity contribution in [2.45, 2.75) is 26.0 Å². The van der Waals surface area contributed by atoms with Crippen molar-refractivity contribution in [1.29, 1.82) is 0 Å². The van der Waals surface area contributed by atoms with Gasteiger partial charge in [-0.1, -0.05) is 23.7 Å². The predicted molar refractivity (Wildman–Crippen MR) is 97.6 cm³/mol. The van der Waals surface area contributed by atoms with Crippen LogP contribution in [-0.2, 0) is 11.3 Å². The van der Waals surface area contributed by atoms with E-state index in [1.54, 1.807) is 49.4 Å². The van der Waals surface area contributed by atoms with Gasteiger partial charge < -0.3 is 10.1 Å². The molecule has 0 spiro atoms. The molecule has 24 heavy (non-hydrogen) atoms. The van der Waals surface area contributed by atoms with E-state index in [0.29, 0.717) is 17.3 Å². The summed E-state index contributed by atoms with van der Waals surface area (Å²) in [4.78, 5) is 16.9. The molecule has 1 heterocycles. The van der Waals surface area contributed by atoms with Crippen LogP contribution in [0.4, 0.5) is 0 Å². The third kappa shape index (κ3) is 3.86. The first kappa shape index (κ1) is 16.7. The molecule has 3 aromatic rings. The molecule has 0 unspecified atom stereocenters. The van der Waals surface area contributed by atoms with Gasteiger partial charge in [0.25, 0.3) is 5.91 Å². The van der Waals surface area contributed by atoms with Crippen molar-refractivity contribution in [3.05, 3.63) is 58.6 Å². The Bertz CT molecular complexity index is 826. The summed E-state index contributed by atoms with van der Waals surface area (Å²) in [6, 6.07) is 14.9. The first-order valence-corrected chi connectivity index (χ1v) is 8.71. The zero-order valence-electron chi connectivity index (χ0n) is 13.4. The topological polar surface area (TPSA) is 51.2 Å². The Kier molecular flexibility index (Phi) is 4.73. The van der Waals surface area contributed by atoms with Crippen LogP contribution in [-0.4, -0.2) is 16.5 Å². The molecule has 0 aliphatic rings. The highest BCUT2D eigenvalue weighted by Crippen LogP contribution is 2.23. The molecule has 0 aliphatic carbocycles. The van der Waals surface area contributed by atoms with Gasteiger partial charge in [-0.2, -0.15) is 0 Å². The zero-order chi connectivity index (χ0) is 17.2. The molecular formula is C18H17ClN2O2S. The van der Waals surface area contributed by atoms with Crippen LogP contribution in [0.15, 0.2) is 48.5 Å². The normalized spacial score (nSPS) is 11.5. The zero-order valence-corrected chi connectivity index (χ0v) is 14.9. The first-order chi connectivity index (χ1) is 11.4. The van der Waals surface area contributed by atoms with Crippen LogP contribution in [0, 0.1) is 0 Å². The Labute approximate surface area is 149 Å². The molecule has 0 fully saturated rings. The number of hydrogen-bond donors (Lipinski definition) is 1. The fourth-order valence-corrected chi connectivity index (χ4v) is 3.24. The van der Waals surface area contributed by atoms with E-state index >= 15 is 0 Å². The van der Waals surface area contributed by atoms with E-state index in [0.717, 1.165) is 15.2 Å². The number of ether oxygens (including phenoxy) is 1. The fourth-order valence-electron chi connectivity index (χ4n) is 2.21. The lowest BCUT2D eigenvalue weighted by Gasteiger charge is -2.25. The number of nitrogens with one attached hydrogen (secondary N) is 1. The van der Waals surface area contributed by atoms with Gasteiger partial charge in [0.05, 0.1) is 16.8 Å². The highest BCUT2D eigenvalue weighted by Gasteiger charge is 2.29. The average molecular weight is 361 g/mol. The number of para-hydroxylation sites is 1. The molecule has 3 rings (SSSR count). The molecule has 0 atom stereocenters. The lowest BCUT2D eigenvalue weighted by molar-refractivity contribution is -0.134. The standard InChI is InChI=1S/C18H17ClN2O2S/c1-18(2,23-13-9-7-12(19)8-10-13)17(22)20-11-16-21-14-5-3-4-6-15(14)24-16/h3-10H,11H2,1-2H3,(H,20,22). The fraction of sp³-hybridized carbons (Fsp3) is 0.222. The van der Waals surface area contributed by atoms with Crippen LogP contribution < -0.4 is 10.1 Å². The van der Waals surface area contributed by atoms with Crippen LogP contribution >= 0.6 is 22.9 Å². The average Bonchev–Trinajstić information content (AvgIpc) is 2.97. The number of hydrogen-bond acceptors (Lipinski definition) is 4. The van der Waals surface area contributed by atoms with E-state index in [9.17, 15) is 4.79 Å². The van der Waals surface area contributed by atoms with Gasteiger partial charge in [0.15, 0.2) is 5.60 Å². The van der Waals surface area contributed by atoms with Crippen LogP contribution in [0.2, 0.25) is 5.02 Å². The lowest BCUT2D eigenvalue weighted by Crippen LogP contribution is -2.46. The summed E-state index contributed by atoms with van der Waals surface area (Å²) < 4.78 is 6.89. The summed E-state index contributed by atoms with van der Waals surface area (Å²) in [5.74, 6) is 0.399. The van der Waals surface area contributed by atoms with E-state index in [1.807, 2.05) is 24.3 Å². The van der Waals surface area contributed by atoms with E-state index < -0.39 is 5.60 Å². The Hall–Kier alpha value is -2.11. The Morgan fingerprint density at radius 2 is 1.92 bits per heavy atom. The smallest absolute Gasteiger partial charge is 0.263 e. The summed E-state index contributed by atoms with van der Waals surface area (Å²) in [5, 5.41) is 4.38. The van der Waals surface area contributed by atoms with E-state index in [1.165, 1.54) is 0 Å². The van der Waals surface area contributed by atoms with Gasteiger partial charge >= 0.3 is 0 Å². The number of thiazole rings is 1. The second kappa shape index (κ2) is 6.79. The van der Waals surface area contributed by atoms with Crippen molar-refractivity contribution >= 4 is 39.1 Å². The maximum atomic E-state index is 12.4. The minimum atomic E-state index is -0.996. The number of benzene rings is 2. The molecule has 0 aliphatic heterocycles. The molecule has 0 radical (unpaired) electrons. The quantitative estimate of drug-likeness (QED) is 0.732. The largest absolute Gasteiger partial charge is 0.478 e. The summed E-state index contributed by atoms with van der Waals surface area (Å²) in [5.41, 5.74) is -0.0479. The maximum Gasteiger partial charge on any atom is 0.263 e. The van der Waals surface area contributed by atoms with Gasteiger partial charge in [0, 0.05) is 5.02 Å². The molecule has 6 heteroatoms. The van der Waals surface area contributed by atoms with Crippen molar-refractivity contribution in [3.8, 4) is 5.75 Å². The molecular weight excluding hydrogens is 344 g/mol. The highest BCUT2D eigenvalue weighted by molar-refractivity contribution is 7.18. The molecule has 1 N–H and O–H groups in total. The Morgan fingerprint density at radius 3 is 2.62 bits per heavy atom. The summed E-state index contributed by atoms with van der Waals surface area (Å²) >= 11 is 7.43. The van der Waals surface area contributed by atoms with Crippen molar-refractivity contribution in [3.63, 3.8) is 0 Å². The third-order valence-corrected chi connectivity index (χ3v) is 4.76. The van der Waals surface area contributed by atoms with E-state index in [4.69, 9.17) is 16.3 Å². The summed E-state index contributed by atoms with van der Waals surface area (Å²) in [6.45, 7) is 3.84. The molecule has 1 aromatic heterocycles. The second-order valence-electron chi connectivity index (χ2n) is 5.82. The molecule has 1 amide bonds. The molecule has 2 aromatic carbocycles. The second-order valence-corrected chi connectivity index (χ2v) is 7.38. The number of halogens is 1. The van der Waals surface area contributed by atoms with Crippen molar-refractivity contribution in [2.24, 2.45) is 0 Å². The summed E-state index contributed by atoms with van der Waals surface area (Å²) in [6.07, 6.45) is 0. The number of nitrogens with zero attached hydrogens (tertiary/aromatic N) is 1. The third-order valence-electron chi connectivity index (χ3n) is 3.47. The van der Waals surface area contributed by atoms with Crippen LogP contribution in [0.25, 0.3) is 10.2 Å². The molecule has 0 saturated carbocycles. The van der Waals surface area contributed by atoms with Gasteiger partial charge in [0.1, 0.15) is 10.8 Å². The highest BCUT2D eigenvalue weighted by atomic mass is 35.5. The molecule has 0 bridgehead atoms. The van der Waals surface area contributed by atoms with Crippen molar-refractivity contribution < 1.29 is 9.53 Å². The van der Waals surface area contributed by atoms with E-state index in [-0.39, 0.29) is 5.91 Å². The maximum absolute atomic E-state index is 12.4. The molecule has 124 valence electrons. The predicted octanol–water partition coefficient (Wildman–Crippen LogP) is 4.42. The van der Waals surface area contributed by atoms with Crippen LogP contribution in [0.5, 0.6) is 5.75 Å². The monoisotopic (exact) mass is 360 g/mol. The number of carbonyl (C=O) groups excluding carboxylic acids is 1. The number of carbonyl (C=O) groups is 1. The van der Waals surface area contributed by atoms with Crippen LogP contribution in [0.1, 0.15) is 18.9 Å². The minimum absolute atomic E-state index is 0.197. The van der Waals surface area contributed by atoms with Crippen molar-refractivity contribution in [2.75, 3.05) is 0 Å². The Morgan fingerprint density at radius 1 is 1.21 bits per heavy atom. The van der Waals surface area contributed by atoms with Gasteiger partial charge in [-0.3, -0.25) is 4.79 Å². The minimum Gasteiger partial charge on any atom is -0.478 e. The first-order valence-electron chi connectivity index (χ1n) is 7.51. The Balaban J connectivity index is 1.63. The number of amides is 1. The van der Waals surface area contributed by atoms with Gasteiger partial charge in [-0.05, 0) is 50.2 Å². The van der Waals surface area contributed by atoms with Gasteiger partial charge in [-0.15, -0.1) is 11.3 Å².